The number of carbonyl (C=O) groups is 1. The molecule has 1 spiro atoms. The molecule has 0 aliphatic carbocycles. The molecule has 6 heteroatoms. The molecule has 4 heterocycles. The Hall–Kier alpha value is -2.54. The lowest BCUT2D eigenvalue weighted by atomic mass is 9.83. The van der Waals surface area contributed by atoms with Crippen LogP contribution in [0.15, 0.2) is 67.0 Å². The molecule has 0 bridgehead atoms. The Labute approximate surface area is 187 Å². The summed E-state index contributed by atoms with van der Waals surface area (Å²) in [5, 5.41) is 0. The van der Waals surface area contributed by atoms with E-state index >= 15 is 0 Å². The van der Waals surface area contributed by atoms with Crippen molar-refractivity contribution < 1.29 is 9.53 Å². The monoisotopic (exact) mass is 433 g/mol. The molecule has 5 nitrogen and oxygen atoms in total. The maximum Gasteiger partial charge on any atom is 0.257 e. The maximum atomic E-state index is 13.9. The number of hydrogen-bond donors (Lipinski definition) is 0. The van der Waals surface area contributed by atoms with Crippen LogP contribution in [0, 0.1) is 6.92 Å². The molecule has 2 aliphatic rings. The Morgan fingerprint density at radius 2 is 2.00 bits per heavy atom. The van der Waals surface area contributed by atoms with Crippen molar-refractivity contribution in [2.75, 3.05) is 26.2 Å². The van der Waals surface area contributed by atoms with Gasteiger partial charge < -0.3 is 9.64 Å². The predicted octanol–water partition coefficient (Wildman–Crippen LogP) is 3.85. The van der Waals surface area contributed by atoms with Crippen molar-refractivity contribution in [3.63, 3.8) is 0 Å². The lowest BCUT2D eigenvalue weighted by molar-refractivity contribution is -0.173. The quantitative estimate of drug-likeness (QED) is 0.613. The number of pyridine rings is 1. The third kappa shape index (κ3) is 4.03. The standard InChI is InChI=1S/C25H27N3O2S/c1-19-9-10-22(31-19)16-27-17-23(21-8-5-11-26-14-21)25(18-27)24(29)28(12-13-30-25)15-20-6-3-2-4-7-20/h2-11,14,23H,12-13,15-18H2,1H3. The molecule has 2 unspecified atom stereocenters. The van der Waals surface area contributed by atoms with E-state index in [2.05, 4.69) is 47.1 Å². The third-order valence-electron chi connectivity index (χ3n) is 6.31. The van der Waals surface area contributed by atoms with Gasteiger partial charge in [0.1, 0.15) is 0 Å². The van der Waals surface area contributed by atoms with E-state index in [9.17, 15) is 4.79 Å². The first-order valence-corrected chi connectivity index (χ1v) is 11.6. The lowest BCUT2D eigenvalue weighted by Gasteiger charge is -2.42. The van der Waals surface area contributed by atoms with Gasteiger partial charge in [-0.15, -0.1) is 11.3 Å². The number of carbonyl (C=O) groups excluding carboxylic acids is 1. The average Bonchev–Trinajstić information content (AvgIpc) is 3.37. The number of aryl methyl sites for hydroxylation is 1. The number of ether oxygens (including phenoxy) is 1. The highest BCUT2D eigenvalue weighted by Crippen LogP contribution is 2.42. The number of aromatic nitrogens is 1. The van der Waals surface area contributed by atoms with Crippen molar-refractivity contribution in [1.82, 2.24) is 14.8 Å². The zero-order valence-corrected chi connectivity index (χ0v) is 18.6. The van der Waals surface area contributed by atoms with Crippen molar-refractivity contribution in [3.8, 4) is 0 Å². The van der Waals surface area contributed by atoms with E-state index in [1.165, 1.54) is 9.75 Å². The van der Waals surface area contributed by atoms with E-state index in [0.717, 1.165) is 24.2 Å². The first-order valence-electron chi connectivity index (χ1n) is 10.8. The predicted molar refractivity (Wildman–Crippen MR) is 122 cm³/mol. The smallest absolute Gasteiger partial charge is 0.257 e. The fourth-order valence-electron chi connectivity index (χ4n) is 4.87. The Balaban J connectivity index is 1.44. The molecule has 160 valence electrons. The number of rotatable bonds is 5. The van der Waals surface area contributed by atoms with Gasteiger partial charge in [-0.1, -0.05) is 36.4 Å². The maximum absolute atomic E-state index is 13.9. The summed E-state index contributed by atoms with van der Waals surface area (Å²) in [6.45, 7) is 6.16. The highest BCUT2D eigenvalue weighted by molar-refractivity contribution is 7.11. The van der Waals surface area contributed by atoms with E-state index in [-0.39, 0.29) is 11.8 Å². The van der Waals surface area contributed by atoms with Gasteiger partial charge >= 0.3 is 0 Å². The number of morpholine rings is 1. The molecule has 2 atom stereocenters. The first-order chi connectivity index (χ1) is 15.1. The van der Waals surface area contributed by atoms with Crippen LogP contribution in [0.25, 0.3) is 0 Å². The summed E-state index contributed by atoms with van der Waals surface area (Å²) < 4.78 is 6.39. The number of nitrogens with zero attached hydrogens (tertiary/aromatic N) is 3. The molecule has 0 N–H and O–H groups in total. The van der Waals surface area contributed by atoms with E-state index in [1.54, 1.807) is 6.20 Å². The Morgan fingerprint density at radius 3 is 2.74 bits per heavy atom. The van der Waals surface area contributed by atoms with Crippen LogP contribution >= 0.6 is 11.3 Å². The Kier molecular flexibility index (Phi) is 5.61. The largest absolute Gasteiger partial charge is 0.361 e. The summed E-state index contributed by atoms with van der Waals surface area (Å²) in [5.74, 6) is 0.0645. The van der Waals surface area contributed by atoms with E-state index < -0.39 is 5.60 Å². The second-order valence-corrected chi connectivity index (χ2v) is 9.84. The van der Waals surface area contributed by atoms with Gasteiger partial charge in [-0.3, -0.25) is 14.7 Å². The topological polar surface area (TPSA) is 45.7 Å². The van der Waals surface area contributed by atoms with Gasteiger partial charge in [0.15, 0.2) is 5.60 Å². The highest BCUT2D eigenvalue weighted by atomic mass is 32.1. The van der Waals surface area contributed by atoms with Gasteiger partial charge in [0.2, 0.25) is 0 Å². The van der Waals surface area contributed by atoms with Crippen molar-refractivity contribution in [1.29, 1.82) is 0 Å². The normalized spacial score (nSPS) is 24.2. The van der Waals surface area contributed by atoms with Crippen LogP contribution in [0.2, 0.25) is 0 Å². The van der Waals surface area contributed by atoms with E-state index in [1.807, 2.05) is 46.7 Å². The van der Waals surface area contributed by atoms with Crippen LogP contribution in [0.3, 0.4) is 0 Å². The van der Waals surface area contributed by atoms with Crippen LogP contribution in [-0.2, 0) is 22.6 Å². The Bertz CT molecular complexity index is 1040. The first kappa shape index (κ1) is 20.4. The summed E-state index contributed by atoms with van der Waals surface area (Å²) >= 11 is 1.82. The van der Waals surface area contributed by atoms with Crippen LogP contribution < -0.4 is 0 Å². The summed E-state index contributed by atoms with van der Waals surface area (Å²) in [6, 6.07) is 18.6. The molecule has 1 aromatic carbocycles. The minimum absolute atomic E-state index is 0.0340. The number of amides is 1. The molecule has 2 saturated heterocycles. The van der Waals surface area contributed by atoms with Crippen molar-refractivity contribution in [2.45, 2.75) is 31.5 Å². The molecule has 2 aromatic heterocycles. The number of likely N-dealkylation sites (tertiary alicyclic amines) is 1. The van der Waals surface area contributed by atoms with Crippen molar-refractivity contribution in [2.24, 2.45) is 0 Å². The highest BCUT2D eigenvalue weighted by Gasteiger charge is 2.57. The zero-order valence-electron chi connectivity index (χ0n) is 17.7. The molecular weight excluding hydrogens is 406 g/mol. The zero-order chi connectivity index (χ0) is 21.3. The summed E-state index contributed by atoms with van der Waals surface area (Å²) in [4.78, 5) is 25.2. The minimum Gasteiger partial charge on any atom is -0.361 e. The van der Waals surface area contributed by atoms with Gasteiger partial charge in [-0.05, 0) is 36.2 Å². The molecule has 2 fully saturated rings. The SMILES string of the molecule is Cc1ccc(CN2CC(c3cccnc3)C3(C2)OCCN(Cc2ccccc2)C3=O)s1. The fourth-order valence-corrected chi connectivity index (χ4v) is 5.80. The number of hydrogen-bond acceptors (Lipinski definition) is 5. The van der Waals surface area contributed by atoms with Gasteiger partial charge in [0.05, 0.1) is 6.61 Å². The van der Waals surface area contributed by atoms with Gasteiger partial charge in [-0.2, -0.15) is 0 Å². The molecule has 1 amide bonds. The van der Waals surface area contributed by atoms with Gasteiger partial charge in [0.25, 0.3) is 5.91 Å². The summed E-state index contributed by atoms with van der Waals surface area (Å²) in [7, 11) is 0. The third-order valence-corrected chi connectivity index (χ3v) is 7.30. The second-order valence-electron chi connectivity index (χ2n) is 8.47. The Morgan fingerprint density at radius 1 is 1.13 bits per heavy atom. The van der Waals surface area contributed by atoms with Crippen molar-refractivity contribution in [3.05, 3.63) is 87.9 Å². The molecule has 31 heavy (non-hydrogen) atoms. The average molecular weight is 434 g/mol. The second kappa shape index (κ2) is 8.54. The molecule has 0 saturated carbocycles. The minimum atomic E-state index is -0.859. The summed E-state index contributed by atoms with van der Waals surface area (Å²) in [5.41, 5.74) is 1.36. The molecule has 2 aliphatic heterocycles. The fraction of sp³-hybridized carbons (Fsp3) is 0.360. The molecule has 3 aromatic rings. The van der Waals surface area contributed by atoms with E-state index in [4.69, 9.17) is 4.74 Å². The molecular formula is C25H27N3O2S. The van der Waals surface area contributed by atoms with Crippen LogP contribution in [0.5, 0.6) is 0 Å². The van der Waals surface area contributed by atoms with Crippen LogP contribution in [0.4, 0.5) is 0 Å². The van der Waals surface area contributed by atoms with Gasteiger partial charge in [0, 0.05) is 60.8 Å². The lowest BCUT2D eigenvalue weighted by Crippen LogP contribution is -2.59. The molecule has 5 rings (SSSR count). The van der Waals surface area contributed by atoms with E-state index in [0.29, 0.717) is 26.2 Å². The number of thiophene rings is 1. The van der Waals surface area contributed by atoms with Crippen LogP contribution in [0.1, 0.15) is 26.8 Å². The van der Waals surface area contributed by atoms with Crippen molar-refractivity contribution >= 4 is 17.2 Å². The van der Waals surface area contributed by atoms with Crippen LogP contribution in [-0.4, -0.2) is 52.5 Å². The molecule has 0 radical (unpaired) electrons. The van der Waals surface area contributed by atoms with Gasteiger partial charge in [-0.25, -0.2) is 0 Å². The summed E-state index contributed by atoms with van der Waals surface area (Å²) in [6.07, 6.45) is 3.67. The number of benzene rings is 1.